The third-order valence-corrected chi connectivity index (χ3v) is 6.55. The maximum absolute atomic E-state index is 13.5. The summed E-state index contributed by atoms with van der Waals surface area (Å²) in [4.78, 5) is 41.6. The van der Waals surface area contributed by atoms with Crippen molar-refractivity contribution in [2.75, 3.05) is 13.2 Å². The van der Waals surface area contributed by atoms with Crippen molar-refractivity contribution in [3.05, 3.63) is 71.3 Å². The Balaban J connectivity index is 1.89. The number of hydrogen-bond acceptors (Lipinski definition) is 5. The van der Waals surface area contributed by atoms with Crippen LogP contribution in [0.1, 0.15) is 36.6 Å². The van der Waals surface area contributed by atoms with E-state index in [9.17, 15) is 14.4 Å². The number of imide groups is 1. The molecule has 1 N–H and O–H groups in total. The van der Waals surface area contributed by atoms with Crippen LogP contribution in [0.3, 0.4) is 0 Å². The molecule has 2 aliphatic heterocycles. The van der Waals surface area contributed by atoms with Crippen molar-refractivity contribution < 1.29 is 19.1 Å². The molecule has 2 aromatic carbocycles. The van der Waals surface area contributed by atoms with Crippen molar-refractivity contribution >= 4 is 17.8 Å². The van der Waals surface area contributed by atoms with Gasteiger partial charge in [-0.15, -0.1) is 0 Å². The number of amides is 2. The molecule has 6 heteroatoms. The molecule has 0 aromatic heterocycles. The summed E-state index contributed by atoms with van der Waals surface area (Å²) >= 11 is 0. The maximum atomic E-state index is 13.5. The molecule has 162 valence electrons. The van der Waals surface area contributed by atoms with E-state index in [1.807, 2.05) is 61.5 Å². The molecule has 2 amide bonds. The van der Waals surface area contributed by atoms with Crippen LogP contribution in [0.15, 0.2) is 54.6 Å². The minimum absolute atomic E-state index is 0.198. The highest BCUT2D eigenvalue weighted by Crippen LogP contribution is 2.50. The first-order valence-electron chi connectivity index (χ1n) is 10.8. The van der Waals surface area contributed by atoms with E-state index in [-0.39, 0.29) is 31.4 Å². The van der Waals surface area contributed by atoms with E-state index in [1.165, 1.54) is 4.90 Å². The number of rotatable bonds is 6. The van der Waals surface area contributed by atoms with Crippen LogP contribution in [-0.2, 0) is 25.5 Å². The highest BCUT2D eigenvalue weighted by Gasteiger charge is 2.68. The first kappa shape index (κ1) is 21.2. The molecule has 4 rings (SSSR count). The fraction of sp³-hybridized carbons (Fsp3) is 0.400. The topological polar surface area (TPSA) is 75.7 Å². The van der Waals surface area contributed by atoms with Gasteiger partial charge in [-0.25, -0.2) is 0 Å². The third-order valence-electron chi connectivity index (χ3n) is 6.55. The molecule has 0 spiro atoms. The first-order valence-corrected chi connectivity index (χ1v) is 10.8. The molecule has 2 fully saturated rings. The number of esters is 1. The van der Waals surface area contributed by atoms with Gasteiger partial charge in [-0.1, -0.05) is 54.6 Å². The summed E-state index contributed by atoms with van der Waals surface area (Å²) in [5.41, 5.74) is 1.53. The van der Waals surface area contributed by atoms with E-state index in [0.717, 1.165) is 16.7 Å². The smallest absolute Gasteiger partial charge is 0.327 e. The summed E-state index contributed by atoms with van der Waals surface area (Å²) < 4.78 is 5.49. The van der Waals surface area contributed by atoms with Gasteiger partial charge in [-0.3, -0.25) is 24.6 Å². The number of carbonyl (C=O) groups is 3. The Bertz CT molecular complexity index is 1010. The lowest BCUT2D eigenvalue weighted by Gasteiger charge is -2.33. The lowest BCUT2D eigenvalue weighted by molar-refractivity contribution is -0.156. The van der Waals surface area contributed by atoms with Gasteiger partial charge < -0.3 is 4.74 Å². The average molecular weight is 421 g/mol. The molecule has 2 aromatic rings. The van der Waals surface area contributed by atoms with Crippen molar-refractivity contribution in [3.63, 3.8) is 0 Å². The van der Waals surface area contributed by atoms with Crippen LogP contribution in [0.25, 0.3) is 0 Å². The van der Waals surface area contributed by atoms with Gasteiger partial charge >= 0.3 is 5.97 Å². The third kappa shape index (κ3) is 3.35. The minimum atomic E-state index is -1.31. The average Bonchev–Trinajstić information content (AvgIpc) is 3.23. The van der Waals surface area contributed by atoms with Crippen LogP contribution in [0.4, 0.5) is 0 Å². The number of ether oxygens (including phenoxy) is 1. The number of nitrogens with one attached hydrogen (secondary N) is 1. The minimum Gasteiger partial charge on any atom is -0.465 e. The quantitative estimate of drug-likeness (QED) is 0.575. The summed E-state index contributed by atoms with van der Waals surface area (Å²) in [7, 11) is 0. The fourth-order valence-corrected chi connectivity index (χ4v) is 5.18. The van der Waals surface area contributed by atoms with Crippen LogP contribution in [0, 0.1) is 18.8 Å². The van der Waals surface area contributed by atoms with Gasteiger partial charge in [-0.2, -0.15) is 0 Å². The molecule has 4 unspecified atom stereocenters. The number of aryl methyl sites for hydroxylation is 1. The second-order valence-corrected chi connectivity index (χ2v) is 8.26. The largest absolute Gasteiger partial charge is 0.465 e. The predicted molar refractivity (Wildman–Crippen MR) is 116 cm³/mol. The molecule has 0 aliphatic carbocycles. The van der Waals surface area contributed by atoms with Crippen molar-refractivity contribution in [1.82, 2.24) is 10.2 Å². The van der Waals surface area contributed by atoms with Crippen molar-refractivity contribution in [3.8, 4) is 0 Å². The van der Waals surface area contributed by atoms with Gasteiger partial charge in [0.05, 0.1) is 18.4 Å². The van der Waals surface area contributed by atoms with Crippen LogP contribution in [0.5, 0.6) is 0 Å². The molecule has 4 atom stereocenters. The lowest BCUT2D eigenvalue weighted by atomic mass is 9.76. The van der Waals surface area contributed by atoms with Crippen molar-refractivity contribution in [2.24, 2.45) is 11.8 Å². The van der Waals surface area contributed by atoms with Gasteiger partial charge in [0.15, 0.2) is 0 Å². The van der Waals surface area contributed by atoms with Gasteiger partial charge in [0.25, 0.3) is 0 Å². The van der Waals surface area contributed by atoms with E-state index in [1.54, 1.807) is 13.8 Å². The Kier molecular flexibility index (Phi) is 5.67. The predicted octanol–water partition coefficient (Wildman–Crippen LogP) is 2.81. The molecule has 0 bridgehead atoms. The number of benzene rings is 2. The highest BCUT2D eigenvalue weighted by molar-refractivity contribution is 6.09. The molecule has 2 heterocycles. The zero-order chi connectivity index (χ0) is 22.2. The lowest BCUT2D eigenvalue weighted by Crippen LogP contribution is -2.58. The number of nitrogens with zero attached hydrogens (tertiary/aromatic N) is 1. The second kappa shape index (κ2) is 8.27. The van der Waals surface area contributed by atoms with E-state index >= 15 is 0 Å². The van der Waals surface area contributed by atoms with Gasteiger partial charge in [0, 0.05) is 19.0 Å². The summed E-state index contributed by atoms with van der Waals surface area (Å²) in [6.07, 6.45) is 0.271. The molecular formula is C25H28N2O4. The second-order valence-electron chi connectivity index (χ2n) is 8.26. The highest BCUT2D eigenvalue weighted by atomic mass is 16.5. The van der Waals surface area contributed by atoms with E-state index in [4.69, 9.17) is 4.74 Å². The standard InChI is InChI=1S/C25H28N2O4/c1-4-27-22(28)19-20(23(27)29)25(24(30)31-5-2,15-17-12-7-6-8-13-17)26-21(19)18-14-10-9-11-16(18)3/h6-14,19-21,26H,4-5,15H2,1-3H3. The molecule has 6 nitrogen and oxygen atoms in total. The Morgan fingerprint density at radius 2 is 1.71 bits per heavy atom. The van der Waals surface area contributed by atoms with Crippen molar-refractivity contribution in [2.45, 2.75) is 38.8 Å². The Hall–Kier alpha value is -2.99. The zero-order valence-corrected chi connectivity index (χ0v) is 18.1. The Morgan fingerprint density at radius 3 is 2.35 bits per heavy atom. The number of hydrogen-bond donors (Lipinski definition) is 1. The number of fused-ring (bicyclic) bond motifs is 1. The molecule has 0 radical (unpaired) electrons. The van der Waals surface area contributed by atoms with Crippen LogP contribution < -0.4 is 5.32 Å². The Labute approximate surface area is 182 Å². The summed E-state index contributed by atoms with van der Waals surface area (Å²) in [6, 6.07) is 16.9. The summed E-state index contributed by atoms with van der Waals surface area (Å²) in [6.45, 7) is 6.00. The number of likely N-dealkylation sites (tertiary alicyclic amines) is 1. The first-order chi connectivity index (χ1) is 14.9. The Morgan fingerprint density at radius 1 is 1.03 bits per heavy atom. The van der Waals surface area contributed by atoms with Gasteiger partial charge in [0.1, 0.15) is 5.54 Å². The summed E-state index contributed by atoms with van der Waals surface area (Å²) in [5.74, 6) is -2.47. The maximum Gasteiger partial charge on any atom is 0.327 e. The molecule has 0 saturated carbocycles. The van der Waals surface area contributed by atoms with Crippen LogP contribution in [-0.4, -0.2) is 41.4 Å². The molecule has 31 heavy (non-hydrogen) atoms. The SMILES string of the molecule is CCOC(=O)C1(Cc2ccccc2)NC(c2ccccc2C)C2C(=O)N(CC)C(=O)C21. The zero-order valence-electron chi connectivity index (χ0n) is 18.1. The van der Waals surface area contributed by atoms with Gasteiger partial charge in [0.2, 0.25) is 11.8 Å². The van der Waals surface area contributed by atoms with Crippen LogP contribution in [0.2, 0.25) is 0 Å². The molecule has 2 aliphatic rings. The molecular weight excluding hydrogens is 392 g/mol. The summed E-state index contributed by atoms with van der Waals surface area (Å²) in [5, 5.41) is 3.46. The van der Waals surface area contributed by atoms with E-state index in [2.05, 4.69) is 5.32 Å². The van der Waals surface area contributed by atoms with Crippen LogP contribution >= 0.6 is 0 Å². The van der Waals surface area contributed by atoms with Crippen molar-refractivity contribution in [1.29, 1.82) is 0 Å². The van der Waals surface area contributed by atoms with Gasteiger partial charge in [-0.05, 0) is 37.5 Å². The van der Waals surface area contributed by atoms with E-state index < -0.39 is 29.4 Å². The normalized spacial score (nSPS) is 27.5. The van der Waals surface area contributed by atoms with E-state index in [0.29, 0.717) is 0 Å². The number of carbonyl (C=O) groups excluding carboxylic acids is 3. The molecule has 2 saturated heterocycles. The monoisotopic (exact) mass is 420 g/mol. The fourth-order valence-electron chi connectivity index (χ4n) is 5.18.